The third-order valence-electron chi connectivity index (χ3n) is 3.55. The van der Waals surface area contributed by atoms with Crippen LogP contribution in [-0.2, 0) is 0 Å². The molecule has 0 radical (unpaired) electrons. The maximum absolute atomic E-state index is 4.76. The van der Waals surface area contributed by atoms with E-state index in [1.807, 2.05) is 6.07 Å². The third kappa shape index (κ3) is 2.88. The van der Waals surface area contributed by atoms with E-state index in [0.29, 0.717) is 12.0 Å². The van der Waals surface area contributed by atoms with Crippen molar-refractivity contribution in [1.29, 1.82) is 0 Å². The molecule has 0 aliphatic heterocycles. The van der Waals surface area contributed by atoms with Crippen molar-refractivity contribution in [3.63, 3.8) is 0 Å². The van der Waals surface area contributed by atoms with E-state index in [2.05, 4.69) is 56.4 Å². The van der Waals surface area contributed by atoms with Gasteiger partial charge >= 0.3 is 0 Å². The second-order valence-electron chi connectivity index (χ2n) is 4.96. The number of pyridine rings is 1. The lowest BCUT2D eigenvalue weighted by molar-refractivity contribution is 0.475. The number of fused-ring (bicyclic) bond motifs is 1. The van der Waals surface area contributed by atoms with Gasteiger partial charge in [0.15, 0.2) is 0 Å². The molecular weight excluding hydrogens is 220 g/mol. The van der Waals surface area contributed by atoms with Gasteiger partial charge < -0.3 is 5.32 Å². The molecule has 0 bridgehead atoms. The first-order valence-electron chi connectivity index (χ1n) is 6.81. The number of nitrogens with one attached hydrogen (secondary N) is 1. The fourth-order valence-corrected chi connectivity index (χ4v) is 2.14. The van der Waals surface area contributed by atoms with Crippen LogP contribution in [0.3, 0.4) is 0 Å². The molecule has 0 saturated heterocycles. The van der Waals surface area contributed by atoms with Gasteiger partial charge in [-0.25, -0.2) is 0 Å². The van der Waals surface area contributed by atoms with E-state index in [9.17, 15) is 0 Å². The molecule has 2 nitrogen and oxygen atoms in total. The zero-order valence-corrected chi connectivity index (χ0v) is 11.5. The van der Waals surface area contributed by atoms with Crippen LogP contribution < -0.4 is 5.32 Å². The van der Waals surface area contributed by atoms with Gasteiger partial charge in [-0.2, -0.15) is 0 Å². The molecule has 0 fully saturated rings. The number of aromatic nitrogens is 1. The molecule has 0 amide bonds. The van der Waals surface area contributed by atoms with Crippen LogP contribution in [0, 0.1) is 0 Å². The van der Waals surface area contributed by atoms with Gasteiger partial charge in [-0.1, -0.05) is 38.1 Å². The molecule has 2 heteroatoms. The molecule has 2 rings (SSSR count). The Kier molecular flexibility index (Phi) is 4.32. The molecule has 0 aliphatic rings. The number of rotatable bonds is 5. The minimum Gasteiger partial charge on any atom is -0.314 e. The van der Waals surface area contributed by atoms with Gasteiger partial charge in [0.2, 0.25) is 0 Å². The average molecular weight is 242 g/mol. The summed E-state index contributed by atoms with van der Waals surface area (Å²) in [6.45, 7) is 7.74. The van der Waals surface area contributed by atoms with Crippen molar-refractivity contribution in [2.45, 2.75) is 39.2 Å². The number of hydrogen-bond acceptors (Lipinski definition) is 2. The van der Waals surface area contributed by atoms with Crippen LogP contribution in [0.15, 0.2) is 36.4 Å². The van der Waals surface area contributed by atoms with E-state index in [4.69, 9.17) is 4.98 Å². The summed E-state index contributed by atoms with van der Waals surface area (Å²) >= 11 is 0. The minimum atomic E-state index is 0.432. The maximum Gasteiger partial charge on any atom is 0.0705 e. The largest absolute Gasteiger partial charge is 0.314 e. The molecule has 0 aliphatic carbocycles. The first-order chi connectivity index (χ1) is 8.72. The summed E-state index contributed by atoms with van der Waals surface area (Å²) in [5.74, 6) is 0.432. The van der Waals surface area contributed by atoms with E-state index in [-0.39, 0.29) is 0 Å². The van der Waals surface area contributed by atoms with Crippen molar-refractivity contribution in [3.8, 4) is 0 Å². The Morgan fingerprint density at radius 1 is 1.11 bits per heavy atom. The van der Waals surface area contributed by atoms with Crippen LogP contribution in [0.1, 0.15) is 38.8 Å². The molecule has 2 atom stereocenters. The van der Waals surface area contributed by atoms with Gasteiger partial charge in [0.05, 0.1) is 5.52 Å². The van der Waals surface area contributed by atoms with Crippen molar-refractivity contribution >= 4 is 10.9 Å². The van der Waals surface area contributed by atoms with Crippen LogP contribution in [0.25, 0.3) is 10.9 Å². The van der Waals surface area contributed by atoms with Crippen LogP contribution >= 0.6 is 0 Å². The van der Waals surface area contributed by atoms with Crippen molar-refractivity contribution in [1.82, 2.24) is 10.3 Å². The van der Waals surface area contributed by atoms with E-state index in [1.54, 1.807) is 0 Å². The number of para-hydroxylation sites is 1. The van der Waals surface area contributed by atoms with Gasteiger partial charge in [-0.05, 0) is 32.0 Å². The topological polar surface area (TPSA) is 24.9 Å². The third-order valence-corrected chi connectivity index (χ3v) is 3.55. The van der Waals surface area contributed by atoms with E-state index in [1.165, 1.54) is 17.5 Å². The van der Waals surface area contributed by atoms with Crippen LogP contribution in [0.2, 0.25) is 0 Å². The standard InChI is InChI=1S/C16H22N2/c1-4-11-17-13(3)12(2)15-10-9-14-7-5-6-8-16(14)18-15/h5-10,12-13,17H,4,11H2,1-3H3. The molecule has 1 aromatic heterocycles. The Bertz CT molecular complexity index is 507. The van der Waals surface area contributed by atoms with Crippen molar-refractivity contribution in [2.24, 2.45) is 0 Å². The van der Waals surface area contributed by atoms with E-state index < -0.39 is 0 Å². The number of hydrogen-bond donors (Lipinski definition) is 1. The summed E-state index contributed by atoms with van der Waals surface area (Å²) in [5.41, 5.74) is 2.26. The Hall–Kier alpha value is -1.41. The zero-order chi connectivity index (χ0) is 13.0. The molecule has 2 unspecified atom stereocenters. The second-order valence-corrected chi connectivity index (χ2v) is 4.96. The van der Waals surface area contributed by atoms with Crippen LogP contribution in [0.5, 0.6) is 0 Å². The molecule has 1 aromatic carbocycles. The van der Waals surface area contributed by atoms with Gasteiger partial charge in [-0.15, -0.1) is 0 Å². The van der Waals surface area contributed by atoms with Crippen LogP contribution in [0.4, 0.5) is 0 Å². The summed E-state index contributed by atoms with van der Waals surface area (Å²) in [7, 11) is 0. The highest BCUT2D eigenvalue weighted by molar-refractivity contribution is 5.78. The van der Waals surface area contributed by atoms with Crippen molar-refractivity contribution in [2.75, 3.05) is 6.54 Å². The lowest BCUT2D eigenvalue weighted by Crippen LogP contribution is -2.31. The highest BCUT2D eigenvalue weighted by atomic mass is 14.9. The predicted molar refractivity (Wildman–Crippen MR) is 77.9 cm³/mol. The van der Waals surface area contributed by atoms with Crippen LogP contribution in [-0.4, -0.2) is 17.6 Å². The molecule has 1 N–H and O–H groups in total. The van der Waals surface area contributed by atoms with Gasteiger partial charge in [0.25, 0.3) is 0 Å². The summed E-state index contributed by atoms with van der Waals surface area (Å²) in [6.07, 6.45) is 1.17. The molecule has 0 saturated carbocycles. The van der Waals surface area contributed by atoms with E-state index >= 15 is 0 Å². The molecule has 96 valence electrons. The SMILES string of the molecule is CCCNC(C)C(C)c1ccc2ccccc2n1. The first-order valence-corrected chi connectivity index (χ1v) is 6.81. The minimum absolute atomic E-state index is 0.432. The fourth-order valence-electron chi connectivity index (χ4n) is 2.14. The van der Waals surface area contributed by atoms with Gasteiger partial charge in [0.1, 0.15) is 0 Å². The summed E-state index contributed by atoms with van der Waals surface area (Å²) in [6, 6.07) is 13.1. The Labute approximate surface area is 109 Å². The lowest BCUT2D eigenvalue weighted by atomic mass is 9.98. The Morgan fingerprint density at radius 3 is 2.67 bits per heavy atom. The molecule has 1 heterocycles. The van der Waals surface area contributed by atoms with Crippen molar-refractivity contribution < 1.29 is 0 Å². The highest BCUT2D eigenvalue weighted by Gasteiger charge is 2.14. The lowest BCUT2D eigenvalue weighted by Gasteiger charge is -2.21. The van der Waals surface area contributed by atoms with E-state index in [0.717, 1.165) is 12.1 Å². The molecular formula is C16H22N2. The second kappa shape index (κ2) is 5.96. The average Bonchev–Trinajstić information content (AvgIpc) is 2.43. The Balaban J connectivity index is 2.19. The molecule has 0 spiro atoms. The smallest absolute Gasteiger partial charge is 0.0705 e. The predicted octanol–water partition coefficient (Wildman–Crippen LogP) is 3.73. The maximum atomic E-state index is 4.76. The van der Waals surface area contributed by atoms with Crippen molar-refractivity contribution in [3.05, 3.63) is 42.1 Å². The highest BCUT2D eigenvalue weighted by Crippen LogP contribution is 2.20. The molecule has 2 aromatic rings. The zero-order valence-electron chi connectivity index (χ0n) is 11.5. The monoisotopic (exact) mass is 242 g/mol. The first kappa shape index (κ1) is 13.0. The normalized spacial score (nSPS) is 14.6. The summed E-state index contributed by atoms with van der Waals surface area (Å²) in [5, 5.41) is 4.75. The number of nitrogens with zero attached hydrogens (tertiary/aromatic N) is 1. The quantitative estimate of drug-likeness (QED) is 0.864. The summed E-state index contributed by atoms with van der Waals surface area (Å²) in [4.78, 5) is 4.76. The number of benzene rings is 1. The fraction of sp³-hybridized carbons (Fsp3) is 0.438. The van der Waals surface area contributed by atoms with Gasteiger partial charge in [0, 0.05) is 23.0 Å². The summed E-state index contributed by atoms with van der Waals surface area (Å²) < 4.78 is 0. The Morgan fingerprint density at radius 2 is 1.89 bits per heavy atom. The van der Waals surface area contributed by atoms with Gasteiger partial charge in [-0.3, -0.25) is 4.98 Å². The molecule has 18 heavy (non-hydrogen) atoms.